The fourth-order valence-electron chi connectivity index (χ4n) is 3.37. The van der Waals surface area contributed by atoms with Crippen molar-refractivity contribution in [3.05, 3.63) is 65.2 Å². The molecular formula is C24H28N2O4. The van der Waals surface area contributed by atoms with Crippen molar-refractivity contribution in [3.8, 4) is 11.5 Å². The first-order valence-electron chi connectivity index (χ1n) is 10.1. The molecule has 30 heavy (non-hydrogen) atoms. The number of nitrogens with zero attached hydrogens (tertiary/aromatic N) is 2. The van der Waals surface area contributed by atoms with Crippen LogP contribution in [0.25, 0.3) is 6.08 Å². The molecule has 0 aliphatic carbocycles. The van der Waals surface area contributed by atoms with Gasteiger partial charge in [-0.2, -0.15) is 0 Å². The Morgan fingerprint density at radius 3 is 2.27 bits per heavy atom. The van der Waals surface area contributed by atoms with Crippen LogP contribution in [0.1, 0.15) is 28.4 Å². The topological polar surface area (TPSA) is 59.1 Å². The Kier molecular flexibility index (Phi) is 7.12. The zero-order valence-corrected chi connectivity index (χ0v) is 17.8. The summed E-state index contributed by atoms with van der Waals surface area (Å²) in [5, 5.41) is 0. The minimum atomic E-state index is -0.1000. The van der Waals surface area contributed by atoms with Crippen molar-refractivity contribution in [2.24, 2.45) is 0 Å². The van der Waals surface area contributed by atoms with Gasteiger partial charge in [-0.15, -0.1) is 0 Å². The lowest BCUT2D eigenvalue weighted by Gasteiger charge is -2.34. The number of allylic oxidation sites excluding steroid dienone is 1. The van der Waals surface area contributed by atoms with E-state index < -0.39 is 0 Å². The highest BCUT2D eigenvalue weighted by Gasteiger charge is 2.25. The summed E-state index contributed by atoms with van der Waals surface area (Å²) in [7, 11) is 1.58. The largest absolute Gasteiger partial charge is 0.493 e. The van der Waals surface area contributed by atoms with Gasteiger partial charge in [0.05, 0.1) is 7.11 Å². The van der Waals surface area contributed by atoms with Crippen molar-refractivity contribution < 1.29 is 19.1 Å². The Morgan fingerprint density at radius 1 is 0.967 bits per heavy atom. The number of methoxy groups -OCH3 is 1. The molecule has 0 unspecified atom stereocenters. The van der Waals surface area contributed by atoms with E-state index in [2.05, 4.69) is 0 Å². The van der Waals surface area contributed by atoms with Crippen LogP contribution in [-0.4, -0.2) is 61.5 Å². The maximum absolute atomic E-state index is 12.6. The van der Waals surface area contributed by atoms with Crippen LogP contribution >= 0.6 is 0 Å². The summed E-state index contributed by atoms with van der Waals surface area (Å²) in [6.07, 6.45) is 3.91. The van der Waals surface area contributed by atoms with E-state index in [1.807, 2.05) is 62.4 Å². The molecule has 0 radical (unpaired) electrons. The van der Waals surface area contributed by atoms with E-state index in [9.17, 15) is 9.59 Å². The van der Waals surface area contributed by atoms with Gasteiger partial charge in [-0.05, 0) is 43.7 Å². The van der Waals surface area contributed by atoms with E-state index in [0.29, 0.717) is 43.2 Å². The number of amides is 2. The lowest BCUT2D eigenvalue weighted by Crippen LogP contribution is -2.51. The number of hydrogen-bond donors (Lipinski definition) is 0. The van der Waals surface area contributed by atoms with Gasteiger partial charge in [0.2, 0.25) is 0 Å². The van der Waals surface area contributed by atoms with Gasteiger partial charge in [0, 0.05) is 31.7 Å². The van der Waals surface area contributed by atoms with E-state index in [1.165, 1.54) is 0 Å². The maximum atomic E-state index is 12.6. The summed E-state index contributed by atoms with van der Waals surface area (Å²) in [5.41, 5.74) is 2.80. The Hall–Kier alpha value is -3.28. The van der Waals surface area contributed by atoms with Gasteiger partial charge in [0.15, 0.2) is 18.1 Å². The molecule has 0 N–H and O–H groups in total. The fraction of sp³-hybridized carbons (Fsp3) is 0.333. The normalized spacial score (nSPS) is 14.1. The van der Waals surface area contributed by atoms with E-state index in [4.69, 9.17) is 9.47 Å². The van der Waals surface area contributed by atoms with Crippen LogP contribution in [0, 0.1) is 6.92 Å². The molecule has 1 aliphatic heterocycles. The first-order chi connectivity index (χ1) is 14.5. The highest BCUT2D eigenvalue weighted by Crippen LogP contribution is 2.28. The second kappa shape index (κ2) is 9.96. The third kappa shape index (κ3) is 5.20. The second-order valence-electron chi connectivity index (χ2n) is 7.24. The Morgan fingerprint density at radius 2 is 1.63 bits per heavy atom. The summed E-state index contributed by atoms with van der Waals surface area (Å²) >= 11 is 0. The lowest BCUT2D eigenvalue weighted by atomic mass is 10.1. The van der Waals surface area contributed by atoms with E-state index in [0.717, 1.165) is 11.1 Å². The highest BCUT2D eigenvalue weighted by atomic mass is 16.5. The molecule has 6 heteroatoms. The van der Waals surface area contributed by atoms with Gasteiger partial charge in [0.1, 0.15) is 0 Å². The molecule has 2 aromatic carbocycles. The van der Waals surface area contributed by atoms with Crippen LogP contribution in [0.15, 0.2) is 48.5 Å². The number of piperazine rings is 1. The van der Waals surface area contributed by atoms with Crippen molar-refractivity contribution >= 4 is 17.9 Å². The number of benzene rings is 2. The van der Waals surface area contributed by atoms with Gasteiger partial charge >= 0.3 is 0 Å². The van der Waals surface area contributed by atoms with E-state index in [1.54, 1.807) is 23.0 Å². The van der Waals surface area contributed by atoms with Gasteiger partial charge in [-0.3, -0.25) is 9.59 Å². The van der Waals surface area contributed by atoms with Crippen LogP contribution in [0.5, 0.6) is 11.5 Å². The molecule has 158 valence electrons. The number of carbonyl (C=O) groups excluding carboxylic acids is 2. The Bertz CT molecular complexity index is 913. The maximum Gasteiger partial charge on any atom is 0.260 e. The van der Waals surface area contributed by atoms with E-state index in [-0.39, 0.29) is 18.4 Å². The third-order valence-electron chi connectivity index (χ3n) is 5.12. The highest BCUT2D eigenvalue weighted by molar-refractivity contribution is 5.94. The molecule has 1 fully saturated rings. The molecule has 6 nitrogen and oxygen atoms in total. The zero-order chi connectivity index (χ0) is 21.5. The summed E-state index contributed by atoms with van der Waals surface area (Å²) in [5.74, 6) is 1.03. The monoisotopic (exact) mass is 408 g/mol. The number of rotatable bonds is 6. The van der Waals surface area contributed by atoms with E-state index >= 15 is 0 Å². The predicted molar refractivity (Wildman–Crippen MR) is 117 cm³/mol. The Labute approximate surface area is 177 Å². The smallest absolute Gasteiger partial charge is 0.260 e. The summed E-state index contributed by atoms with van der Waals surface area (Å²) < 4.78 is 11.1. The molecule has 0 atom stereocenters. The van der Waals surface area contributed by atoms with Gasteiger partial charge < -0.3 is 19.3 Å². The van der Waals surface area contributed by atoms with Crippen molar-refractivity contribution in [2.75, 3.05) is 39.9 Å². The molecule has 1 saturated heterocycles. The minimum absolute atomic E-state index is 0.00399. The van der Waals surface area contributed by atoms with Crippen LogP contribution < -0.4 is 9.47 Å². The van der Waals surface area contributed by atoms with Crippen molar-refractivity contribution in [3.63, 3.8) is 0 Å². The van der Waals surface area contributed by atoms with Gasteiger partial charge in [-0.25, -0.2) is 0 Å². The Balaban J connectivity index is 1.52. The number of ether oxygens (including phenoxy) is 2. The molecule has 1 heterocycles. The molecule has 0 aromatic heterocycles. The molecular weight excluding hydrogens is 380 g/mol. The molecule has 2 amide bonds. The van der Waals surface area contributed by atoms with Crippen molar-refractivity contribution in [1.29, 1.82) is 0 Å². The molecule has 3 rings (SSSR count). The average Bonchev–Trinajstić information content (AvgIpc) is 2.78. The zero-order valence-electron chi connectivity index (χ0n) is 17.8. The summed E-state index contributed by atoms with van der Waals surface area (Å²) in [6.45, 7) is 5.90. The summed E-state index contributed by atoms with van der Waals surface area (Å²) in [6, 6.07) is 13.1. The molecule has 0 saturated carbocycles. The predicted octanol–water partition coefficient (Wildman–Crippen LogP) is 3.40. The average molecular weight is 408 g/mol. The third-order valence-corrected chi connectivity index (χ3v) is 5.12. The lowest BCUT2D eigenvalue weighted by molar-refractivity contribution is -0.134. The molecule has 0 bridgehead atoms. The summed E-state index contributed by atoms with van der Waals surface area (Å²) in [4.78, 5) is 28.7. The SMILES string of the molecule is C/C=C/c1ccc(OCC(=O)N2CCN(C(=O)c3ccc(C)cc3)CC2)c(OC)c1. The standard InChI is InChI=1S/C24H28N2O4/c1-4-5-19-8-11-21(22(16-19)29-3)30-17-23(27)25-12-14-26(15-13-25)24(28)20-9-6-18(2)7-10-20/h4-11,16H,12-15,17H2,1-3H3/b5-4+. The van der Waals surface area contributed by atoms with Crippen LogP contribution in [0.2, 0.25) is 0 Å². The minimum Gasteiger partial charge on any atom is -0.493 e. The number of carbonyl (C=O) groups is 2. The molecule has 0 spiro atoms. The van der Waals surface area contributed by atoms with Crippen LogP contribution in [0.3, 0.4) is 0 Å². The van der Waals surface area contributed by atoms with Gasteiger partial charge in [-0.1, -0.05) is 35.9 Å². The van der Waals surface area contributed by atoms with Crippen LogP contribution in [-0.2, 0) is 4.79 Å². The quantitative estimate of drug-likeness (QED) is 0.735. The van der Waals surface area contributed by atoms with Crippen LogP contribution in [0.4, 0.5) is 0 Å². The number of hydrogen-bond acceptors (Lipinski definition) is 4. The van der Waals surface area contributed by atoms with Crippen molar-refractivity contribution in [1.82, 2.24) is 9.80 Å². The number of aryl methyl sites for hydroxylation is 1. The fourth-order valence-corrected chi connectivity index (χ4v) is 3.37. The molecule has 2 aromatic rings. The van der Waals surface area contributed by atoms with Crippen molar-refractivity contribution in [2.45, 2.75) is 13.8 Å². The molecule has 1 aliphatic rings. The first-order valence-corrected chi connectivity index (χ1v) is 10.1. The second-order valence-corrected chi connectivity index (χ2v) is 7.24. The first kappa shape index (κ1) is 21.4. The van der Waals surface area contributed by atoms with Gasteiger partial charge in [0.25, 0.3) is 11.8 Å².